The molecule has 0 spiro atoms. The number of hydrogen-bond donors (Lipinski definition) is 3. The van der Waals surface area contributed by atoms with Gasteiger partial charge in [0.15, 0.2) is 0 Å². The summed E-state index contributed by atoms with van der Waals surface area (Å²) < 4.78 is 6.93. The highest BCUT2D eigenvalue weighted by Gasteiger charge is 2.25. The van der Waals surface area contributed by atoms with E-state index in [1.54, 1.807) is 28.9 Å². The maximum absolute atomic E-state index is 11.5. The quantitative estimate of drug-likeness (QED) is 0.195. The highest BCUT2D eigenvalue weighted by molar-refractivity contribution is 7.19. The molecule has 3 aromatic heterocycles. The van der Waals surface area contributed by atoms with Crippen LogP contribution in [-0.2, 0) is 11.3 Å². The molecule has 0 aliphatic carbocycles. The van der Waals surface area contributed by atoms with E-state index in [4.69, 9.17) is 20.7 Å². The number of benzene rings is 1. The first-order valence-corrected chi connectivity index (χ1v) is 12.2. The molecule has 0 bridgehead atoms. The van der Waals surface area contributed by atoms with E-state index in [-0.39, 0.29) is 11.7 Å². The Balaban J connectivity index is 1.30. The minimum Gasteiger partial charge on any atom is -0.398 e. The zero-order valence-corrected chi connectivity index (χ0v) is 20.6. The van der Waals surface area contributed by atoms with Crippen molar-refractivity contribution in [3.63, 3.8) is 0 Å². The van der Waals surface area contributed by atoms with Gasteiger partial charge in [-0.3, -0.25) is 10.0 Å². The molecule has 13 heteroatoms. The zero-order valence-electron chi connectivity index (χ0n) is 19.8. The Labute approximate surface area is 215 Å². The summed E-state index contributed by atoms with van der Waals surface area (Å²) in [6.07, 6.45) is 4.32. The second kappa shape index (κ2) is 10.3. The van der Waals surface area contributed by atoms with Crippen LogP contribution in [0.2, 0.25) is 0 Å². The molecule has 188 valence electrons. The molecular weight excluding hydrogens is 494 g/mol. The van der Waals surface area contributed by atoms with E-state index < -0.39 is 5.91 Å². The maximum atomic E-state index is 11.5. The van der Waals surface area contributed by atoms with Gasteiger partial charge in [0, 0.05) is 36.6 Å². The second-order valence-electron chi connectivity index (χ2n) is 8.46. The number of carbonyl (C=O) groups is 1. The number of morpholine rings is 1. The molecule has 4 aromatic rings. The Morgan fingerprint density at radius 1 is 1.32 bits per heavy atom. The molecule has 1 aromatic carbocycles. The number of thiophene rings is 1. The third kappa shape index (κ3) is 5.12. The molecule has 0 saturated carbocycles. The molecule has 1 fully saturated rings. The van der Waals surface area contributed by atoms with Gasteiger partial charge in [0.1, 0.15) is 12.2 Å². The Morgan fingerprint density at radius 3 is 2.89 bits per heavy atom. The summed E-state index contributed by atoms with van der Waals surface area (Å²) in [7, 11) is 1.85. The number of nitrogens with zero attached hydrogens (tertiary/aromatic N) is 7. The molecule has 1 aliphatic heterocycles. The number of nitrogen functional groups attached to an aromatic ring is 1. The summed E-state index contributed by atoms with van der Waals surface area (Å²) in [6.45, 7) is 2.27. The first-order chi connectivity index (χ1) is 17.9. The first-order valence-electron chi connectivity index (χ1n) is 11.3. The fourth-order valence-corrected chi connectivity index (χ4v) is 5.04. The summed E-state index contributed by atoms with van der Waals surface area (Å²) >= 11 is 1.59. The van der Waals surface area contributed by atoms with E-state index in [9.17, 15) is 10.1 Å². The lowest BCUT2D eigenvalue weighted by atomic mass is 10.0. The van der Waals surface area contributed by atoms with Gasteiger partial charge in [-0.2, -0.15) is 5.26 Å². The third-order valence-electron chi connectivity index (χ3n) is 5.96. The highest BCUT2D eigenvalue weighted by atomic mass is 32.1. The number of nitrogens with one attached hydrogen (secondary N) is 1. The van der Waals surface area contributed by atoms with Crippen LogP contribution >= 0.6 is 11.3 Å². The molecular formula is C24H23N9O3S. The van der Waals surface area contributed by atoms with E-state index in [2.05, 4.69) is 25.9 Å². The van der Waals surface area contributed by atoms with Gasteiger partial charge in [-0.1, -0.05) is 6.07 Å². The zero-order chi connectivity index (χ0) is 25.9. The van der Waals surface area contributed by atoms with E-state index in [1.807, 2.05) is 30.3 Å². The summed E-state index contributed by atoms with van der Waals surface area (Å²) in [4.78, 5) is 34.2. The average Bonchev–Trinajstić information content (AvgIpc) is 3.34. The highest BCUT2D eigenvalue weighted by Crippen LogP contribution is 2.30. The van der Waals surface area contributed by atoms with Crippen molar-refractivity contribution in [1.29, 1.82) is 5.26 Å². The topological polar surface area (TPSA) is 166 Å². The predicted octanol–water partition coefficient (Wildman–Crippen LogP) is 2.27. The van der Waals surface area contributed by atoms with Gasteiger partial charge < -0.3 is 20.3 Å². The van der Waals surface area contributed by atoms with Gasteiger partial charge in [0.05, 0.1) is 47.2 Å². The van der Waals surface area contributed by atoms with Gasteiger partial charge in [-0.05, 0) is 23.8 Å². The molecule has 4 heterocycles. The van der Waals surface area contributed by atoms with E-state index >= 15 is 0 Å². The van der Waals surface area contributed by atoms with E-state index in [0.717, 1.165) is 20.7 Å². The van der Waals surface area contributed by atoms with Crippen molar-refractivity contribution in [1.82, 2.24) is 25.4 Å². The molecule has 1 aliphatic rings. The summed E-state index contributed by atoms with van der Waals surface area (Å²) in [6, 6.07) is 9.52. The number of hydrogen-bond acceptors (Lipinski definition) is 12. The lowest BCUT2D eigenvalue weighted by molar-refractivity contribution is 0.0392. The Morgan fingerprint density at radius 2 is 2.14 bits per heavy atom. The number of nitriles is 1. The predicted molar refractivity (Wildman–Crippen MR) is 137 cm³/mol. The normalized spacial score (nSPS) is 15.4. The summed E-state index contributed by atoms with van der Waals surface area (Å²) in [5.41, 5.74) is 10.2. The maximum Gasteiger partial charge on any atom is 0.277 e. The van der Waals surface area contributed by atoms with Gasteiger partial charge in [0.2, 0.25) is 11.9 Å². The largest absolute Gasteiger partial charge is 0.398 e. The van der Waals surface area contributed by atoms with E-state index in [1.165, 1.54) is 12.4 Å². The van der Waals surface area contributed by atoms with Crippen molar-refractivity contribution in [2.24, 2.45) is 0 Å². The molecule has 4 N–H and O–H groups in total. The van der Waals surface area contributed by atoms with Crippen LogP contribution < -0.4 is 21.0 Å². The minimum absolute atomic E-state index is 0.163. The SMILES string of the molecule is CN(Cc1cc2nc(N3CCOC(c4ccc(N)c(C#N)c4)C3)ncc2s1)c1ncc(C(=O)NO)cn1. The fraction of sp³-hybridized carbons (Fsp3) is 0.250. The van der Waals surface area contributed by atoms with Crippen LogP contribution in [0.5, 0.6) is 0 Å². The lowest BCUT2D eigenvalue weighted by Crippen LogP contribution is -2.39. The fourth-order valence-electron chi connectivity index (χ4n) is 4.02. The monoisotopic (exact) mass is 517 g/mol. The van der Waals surface area contributed by atoms with Crippen LogP contribution in [0.15, 0.2) is 42.9 Å². The van der Waals surface area contributed by atoms with Crippen molar-refractivity contribution in [2.75, 3.05) is 42.3 Å². The number of rotatable bonds is 6. The van der Waals surface area contributed by atoms with Crippen LogP contribution in [-0.4, -0.2) is 57.8 Å². The standard InChI is InChI=1S/C24H23N9O3S/c1-32(23-27-9-16(10-28-23)22(34)31-35)12-17-7-19-21(37-17)11-29-24(30-19)33-4-5-36-20(13-33)14-2-3-18(26)15(6-14)8-25/h2-3,6-7,9-11,20,35H,4-5,12-13,26H2,1H3,(H,31,34). The number of nitrogens with two attached hydrogens (primary N) is 1. The van der Waals surface area contributed by atoms with Crippen LogP contribution in [0, 0.1) is 11.3 Å². The van der Waals surface area contributed by atoms with Gasteiger partial charge in [-0.25, -0.2) is 25.4 Å². The van der Waals surface area contributed by atoms with Crippen molar-refractivity contribution >= 4 is 45.0 Å². The van der Waals surface area contributed by atoms with Crippen LogP contribution in [0.4, 0.5) is 17.6 Å². The van der Waals surface area contributed by atoms with Crippen LogP contribution in [0.3, 0.4) is 0 Å². The van der Waals surface area contributed by atoms with Gasteiger partial charge in [-0.15, -0.1) is 11.3 Å². The third-order valence-corrected chi connectivity index (χ3v) is 7.01. The second-order valence-corrected chi connectivity index (χ2v) is 9.63. The van der Waals surface area contributed by atoms with Crippen molar-refractivity contribution < 1.29 is 14.7 Å². The number of fused-ring (bicyclic) bond motifs is 1. The smallest absolute Gasteiger partial charge is 0.277 e. The first kappa shape index (κ1) is 24.3. The Bertz CT molecular complexity index is 1490. The van der Waals surface area contributed by atoms with Crippen molar-refractivity contribution in [2.45, 2.75) is 12.6 Å². The van der Waals surface area contributed by atoms with Crippen molar-refractivity contribution in [3.05, 3.63) is 64.4 Å². The molecule has 1 atom stereocenters. The number of amides is 1. The van der Waals surface area contributed by atoms with Crippen LogP contribution in [0.1, 0.15) is 32.5 Å². The Kier molecular flexibility index (Phi) is 6.78. The molecule has 1 saturated heterocycles. The number of hydroxylamine groups is 1. The average molecular weight is 518 g/mol. The molecule has 12 nitrogen and oxygen atoms in total. The molecule has 0 radical (unpaired) electrons. The van der Waals surface area contributed by atoms with E-state index in [0.29, 0.717) is 49.4 Å². The number of aromatic nitrogens is 4. The van der Waals surface area contributed by atoms with Gasteiger partial charge >= 0.3 is 0 Å². The molecule has 37 heavy (non-hydrogen) atoms. The molecule has 1 unspecified atom stereocenters. The van der Waals surface area contributed by atoms with Crippen LogP contribution in [0.25, 0.3) is 10.2 Å². The minimum atomic E-state index is -0.667. The molecule has 5 rings (SSSR count). The number of anilines is 3. The molecule has 1 amide bonds. The lowest BCUT2D eigenvalue weighted by Gasteiger charge is -2.33. The summed E-state index contributed by atoms with van der Waals surface area (Å²) in [5.74, 6) is 0.399. The summed E-state index contributed by atoms with van der Waals surface area (Å²) in [5, 5.41) is 18.0. The van der Waals surface area contributed by atoms with Crippen molar-refractivity contribution in [3.8, 4) is 6.07 Å². The Hall–Kier alpha value is -4.38. The number of ether oxygens (including phenoxy) is 1. The van der Waals surface area contributed by atoms with Gasteiger partial charge in [0.25, 0.3) is 5.91 Å². The number of carbonyl (C=O) groups excluding carboxylic acids is 1.